The van der Waals surface area contributed by atoms with E-state index in [1.807, 2.05) is 30.3 Å². The number of rotatable bonds is 4. The molecule has 0 radical (unpaired) electrons. The Morgan fingerprint density at radius 2 is 1.81 bits per heavy atom. The zero-order valence-electron chi connectivity index (χ0n) is 9.55. The molecule has 0 spiro atoms. The van der Waals surface area contributed by atoms with Crippen molar-refractivity contribution in [3.63, 3.8) is 0 Å². The molecule has 1 aromatic rings. The molecule has 0 aliphatic rings. The number of benzene rings is 1. The van der Waals surface area contributed by atoms with E-state index in [1.54, 1.807) is 6.08 Å². The number of carboxylic acids is 1. The van der Waals surface area contributed by atoms with Gasteiger partial charge in [-0.2, -0.15) is 0 Å². The van der Waals surface area contributed by atoms with E-state index < -0.39 is 5.97 Å². The van der Waals surface area contributed by atoms with Crippen molar-refractivity contribution in [2.45, 2.75) is 13.8 Å². The van der Waals surface area contributed by atoms with E-state index in [0.29, 0.717) is 5.92 Å². The summed E-state index contributed by atoms with van der Waals surface area (Å²) >= 11 is 0. The molecule has 0 heterocycles. The van der Waals surface area contributed by atoms with Crippen LogP contribution in [-0.4, -0.2) is 11.1 Å². The molecule has 0 unspecified atom stereocenters. The van der Waals surface area contributed by atoms with Gasteiger partial charge in [-0.25, -0.2) is 4.79 Å². The Balaban J connectivity index is 3.02. The molecule has 1 rings (SSSR count). The van der Waals surface area contributed by atoms with Crippen LogP contribution in [0.4, 0.5) is 0 Å². The Bertz CT molecular complexity index is 400. The summed E-state index contributed by atoms with van der Waals surface area (Å²) in [6.45, 7) is 4.13. The minimum Gasteiger partial charge on any atom is -0.478 e. The first-order valence-corrected chi connectivity index (χ1v) is 5.28. The first-order valence-electron chi connectivity index (χ1n) is 5.28. The van der Waals surface area contributed by atoms with Crippen molar-refractivity contribution in [1.29, 1.82) is 0 Å². The van der Waals surface area contributed by atoms with E-state index in [9.17, 15) is 4.79 Å². The summed E-state index contributed by atoms with van der Waals surface area (Å²) in [5.74, 6) is -0.542. The van der Waals surface area contributed by atoms with Gasteiger partial charge in [-0.3, -0.25) is 0 Å². The largest absolute Gasteiger partial charge is 0.478 e. The maximum absolute atomic E-state index is 10.5. The summed E-state index contributed by atoms with van der Waals surface area (Å²) in [5, 5.41) is 8.63. The number of carboxylic acid groups (broad SMARTS) is 1. The maximum Gasteiger partial charge on any atom is 0.328 e. The summed E-state index contributed by atoms with van der Waals surface area (Å²) in [6.07, 6.45) is 4.85. The molecule has 0 saturated heterocycles. The van der Waals surface area contributed by atoms with E-state index in [4.69, 9.17) is 5.11 Å². The highest BCUT2D eigenvalue weighted by atomic mass is 16.4. The van der Waals surface area contributed by atoms with Crippen LogP contribution < -0.4 is 0 Å². The van der Waals surface area contributed by atoms with E-state index in [2.05, 4.69) is 19.9 Å². The average Bonchev–Trinajstić information content (AvgIpc) is 2.25. The predicted molar refractivity (Wildman–Crippen MR) is 66.0 cm³/mol. The molecule has 1 aromatic carbocycles. The van der Waals surface area contributed by atoms with Gasteiger partial charge in [-0.15, -0.1) is 0 Å². The highest BCUT2D eigenvalue weighted by Gasteiger charge is 1.99. The third kappa shape index (κ3) is 4.13. The third-order valence-electron chi connectivity index (χ3n) is 2.03. The standard InChI is InChI=1S/C14H16O2/c1-11(2)10-13(8-9-14(15)16)12-6-4-3-5-7-12/h3-11H,1-2H3,(H,15,16)/b9-8+,13-10+. The van der Waals surface area contributed by atoms with Gasteiger partial charge in [0.25, 0.3) is 0 Å². The second-order valence-electron chi connectivity index (χ2n) is 3.90. The summed E-state index contributed by atoms with van der Waals surface area (Å²) in [5.41, 5.74) is 1.98. The van der Waals surface area contributed by atoms with Crippen molar-refractivity contribution in [2.75, 3.05) is 0 Å². The zero-order valence-corrected chi connectivity index (χ0v) is 9.55. The second-order valence-corrected chi connectivity index (χ2v) is 3.90. The lowest BCUT2D eigenvalue weighted by molar-refractivity contribution is -0.131. The van der Waals surface area contributed by atoms with Crippen LogP contribution >= 0.6 is 0 Å². The molecule has 16 heavy (non-hydrogen) atoms. The fraction of sp³-hybridized carbons (Fsp3) is 0.214. The van der Waals surface area contributed by atoms with Crippen LogP contribution in [0.5, 0.6) is 0 Å². The minimum absolute atomic E-state index is 0.383. The fourth-order valence-corrected chi connectivity index (χ4v) is 1.40. The summed E-state index contributed by atoms with van der Waals surface area (Å²) in [7, 11) is 0. The number of hydrogen-bond donors (Lipinski definition) is 1. The third-order valence-corrected chi connectivity index (χ3v) is 2.03. The molecule has 1 N–H and O–H groups in total. The van der Waals surface area contributed by atoms with Crippen molar-refractivity contribution >= 4 is 11.5 Å². The molecule has 0 amide bonds. The van der Waals surface area contributed by atoms with Crippen LogP contribution in [0.2, 0.25) is 0 Å². The first kappa shape index (κ1) is 12.2. The van der Waals surface area contributed by atoms with Crippen molar-refractivity contribution in [2.24, 2.45) is 5.92 Å². The van der Waals surface area contributed by atoms with E-state index in [0.717, 1.165) is 11.1 Å². The SMILES string of the molecule is CC(C)/C=C(\C=C\C(=O)O)c1ccccc1. The molecule has 0 atom stereocenters. The van der Waals surface area contributed by atoms with Crippen LogP contribution in [-0.2, 0) is 4.79 Å². The van der Waals surface area contributed by atoms with Gasteiger partial charge in [0, 0.05) is 6.08 Å². The molecule has 0 bridgehead atoms. The Morgan fingerprint density at radius 3 is 2.31 bits per heavy atom. The molecule has 0 saturated carbocycles. The second kappa shape index (κ2) is 5.91. The monoisotopic (exact) mass is 216 g/mol. The van der Waals surface area contributed by atoms with Crippen LogP contribution in [0.1, 0.15) is 19.4 Å². The van der Waals surface area contributed by atoms with Crippen molar-refractivity contribution < 1.29 is 9.90 Å². The minimum atomic E-state index is -0.925. The number of allylic oxidation sites excluding steroid dienone is 3. The topological polar surface area (TPSA) is 37.3 Å². The molecule has 2 heteroatoms. The summed E-state index contributed by atoms with van der Waals surface area (Å²) in [4.78, 5) is 10.5. The highest BCUT2D eigenvalue weighted by molar-refractivity contribution is 5.85. The van der Waals surface area contributed by atoms with E-state index in [-0.39, 0.29) is 0 Å². The molecule has 0 aliphatic carbocycles. The lowest BCUT2D eigenvalue weighted by atomic mass is 10.0. The average molecular weight is 216 g/mol. The molecule has 0 aromatic heterocycles. The van der Waals surface area contributed by atoms with Gasteiger partial charge >= 0.3 is 5.97 Å². The van der Waals surface area contributed by atoms with Gasteiger partial charge < -0.3 is 5.11 Å². The molecule has 2 nitrogen and oxygen atoms in total. The summed E-state index contributed by atoms with van der Waals surface area (Å²) in [6, 6.07) is 9.77. The first-order chi connectivity index (χ1) is 7.59. The Labute approximate surface area is 95.9 Å². The molecule has 0 aliphatic heterocycles. The van der Waals surface area contributed by atoms with Gasteiger partial charge in [0.1, 0.15) is 0 Å². The normalized spacial score (nSPS) is 12.3. The highest BCUT2D eigenvalue weighted by Crippen LogP contribution is 2.17. The maximum atomic E-state index is 10.5. The van der Waals surface area contributed by atoms with Gasteiger partial charge in [0.2, 0.25) is 0 Å². The van der Waals surface area contributed by atoms with E-state index in [1.165, 1.54) is 6.08 Å². The number of aliphatic carboxylic acids is 1. The van der Waals surface area contributed by atoms with Crippen LogP contribution in [0.3, 0.4) is 0 Å². The smallest absolute Gasteiger partial charge is 0.328 e. The zero-order chi connectivity index (χ0) is 12.0. The van der Waals surface area contributed by atoms with Crippen molar-refractivity contribution in [3.8, 4) is 0 Å². The molecular formula is C14H16O2. The lowest BCUT2D eigenvalue weighted by Crippen LogP contribution is -1.89. The Hall–Kier alpha value is -1.83. The van der Waals surface area contributed by atoms with Crippen molar-refractivity contribution in [3.05, 3.63) is 54.1 Å². The van der Waals surface area contributed by atoms with Gasteiger partial charge in [-0.1, -0.05) is 50.3 Å². The quantitative estimate of drug-likeness (QED) is 0.619. The predicted octanol–water partition coefficient (Wildman–Crippen LogP) is 3.37. The van der Waals surface area contributed by atoms with Gasteiger partial charge in [0.05, 0.1) is 0 Å². The Morgan fingerprint density at radius 1 is 1.19 bits per heavy atom. The van der Waals surface area contributed by atoms with Crippen molar-refractivity contribution in [1.82, 2.24) is 0 Å². The Kier molecular flexibility index (Phi) is 4.52. The van der Waals surface area contributed by atoms with Crippen LogP contribution in [0.15, 0.2) is 48.6 Å². The van der Waals surface area contributed by atoms with Gasteiger partial charge in [-0.05, 0) is 23.1 Å². The fourth-order valence-electron chi connectivity index (χ4n) is 1.40. The molecular weight excluding hydrogens is 200 g/mol. The molecule has 84 valence electrons. The van der Waals surface area contributed by atoms with Crippen LogP contribution in [0, 0.1) is 5.92 Å². The van der Waals surface area contributed by atoms with E-state index >= 15 is 0 Å². The van der Waals surface area contributed by atoms with Crippen LogP contribution in [0.25, 0.3) is 5.57 Å². The number of carbonyl (C=O) groups is 1. The molecule has 0 fully saturated rings. The lowest BCUT2D eigenvalue weighted by Gasteiger charge is -2.04. The summed E-state index contributed by atoms with van der Waals surface area (Å²) < 4.78 is 0. The number of hydrogen-bond acceptors (Lipinski definition) is 1. The van der Waals surface area contributed by atoms with Gasteiger partial charge in [0.15, 0.2) is 0 Å².